The highest BCUT2D eigenvalue weighted by atomic mass is 16.2. The lowest BCUT2D eigenvalue weighted by Gasteiger charge is -2.36. The first kappa shape index (κ1) is 38.4. The molecule has 0 unspecified atom stereocenters. The van der Waals surface area contributed by atoms with Gasteiger partial charge < -0.3 is 19.8 Å². The number of amides is 4. The van der Waals surface area contributed by atoms with E-state index in [0.717, 1.165) is 148 Å². The molecule has 9 heterocycles. The number of nitrogens with zero attached hydrogens (tertiary/aromatic N) is 2. The van der Waals surface area contributed by atoms with Crippen LogP contribution in [0.1, 0.15) is 125 Å². The molecule has 304 valence electrons. The summed E-state index contributed by atoms with van der Waals surface area (Å²) in [7, 11) is 0. The standard InChI is InChI=1S/C48H58N6O4/c55-45-41-39-33-15-11-13-17-35(33)49-37(39)19-9-7-5-3-1-2-4-6-8-10-20-38-40(34-16-12-14-18-36(34)50-38)42-44(48(58)52-46(42)56)54-29-25-32(26-30-54)22-21-31-23-27-53(28-24-31)43(41)47(57)51-45/h11-18,31-32,49-50H,1-10,19-30H2,(H,51,55,57)(H,52,56,58). The van der Waals surface area contributed by atoms with Crippen LogP contribution in [0.2, 0.25) is 0 Å². The van der Waals surface area contributed by atoms with Crippen molar-refractivity contribution in [1.29, 1.82) is 0 Å². The number of para-hydroxylation sites is 2. The molecule has 0 aliphatic carbocycles. The van der Waals surface area contributed by atoms with Gasteiger partial charge in [-0.05, 0) is 75.3 Å². The van der Waals surface area contributed by atoms with Crippen molar-refractivity contribution in [2.24, 2.45) is 11.8 Å². The smallest absolute Gasteiger partial charge is 0.275 e. The van der Waals surface area contributed by atoms with Gasteiger partial charge >= 0.3 is 0 Å². The summed E-state index contributed by atoms with van der Waals surface area (Å²) < 4.78 is 0. The molecule has 0 saturated carbocycles. The van der Waals surface area contributed by atoms with Crippen molar-refractivity contribution in [3.05, 3.63) is 82.4 Å². The predicted octanol–water partition coefficient (Wildman–Crippen LogP) is 8.29. The van der Waals surface area contributed by atoms with Crippen LogP contribution in [-0.2, 0) is 32.0 Å². The number of hydrogen-bond acceptors (Lipinski definition) is 6. The van der Waals surface area contributed by atoms with Gasteiger partial charge in [0.2, 0.25) is 0 Å². The molecule has 0 radical (unpaired) electrons. The second-order valence-electron chi connectivity index (χ2n) is 17.5. The number of aromatic amines is 2. The molecule has 2 saturated heterocycles. The third-order valence-electron chi connectivity index (χ3n) is 13.8. The van der Waals surface area contributed by atoms with E-state index >= 15 is 0 Å². The monoisotopic (exact) mass is 782 g/mol. The highest BCUT2D eigenvalue weighted by Gasteiger charge is 2.40. The molecule has 0 atom stereocenters. The molecule has 4 aromatic rings. The average Bonchev–Trinajstić information content (AvgIpc) is 3.95. The predicted molar refractivity (Wildman–Crippen MR) is 228 cm³/mol. The second-order valence-corrected chi connectivity index (χ2v) is 17.5. The van der Waals surface area contributed by atoms with Crippen LogP contribution in [0.25, 0.3) is 33.0 Å². The van der Waals surface area contributed by atoms with E-state index < -0.39 is 0 Å². The first-order valence-corrected chi connectivity index (χ1v) is 22.3. The minimum atomic E-state index is -0.283. The van der Waals surface area contributed by atoms with Gasteiger partial charge in [-0.25, -0.2) is 0 Å². The zero-order chi connectivity index (χ0) is 39.6. The van der Waals surface area contributed by atoms with Crippen LogP contribution in [0.4, 0.5) is 0 Å². The SMILES string of the molecule is O=C1NC(=O)C2=C1c1c([nH]c3ccccc13)CCCCCCCCCCCCc1[nH]c3ccccc3c1C1=C(C(=O)NC1=O)N1CCC(CCC3CCN2CC3)CC1. The lowest BCUT2D eigenvalue weighted by atomic mass is 9.84. The fourth-order valence-corrected chi connectivity index (χ4v) is 10.7. The number of nitrogens with one attached hydrogen (secondary N) is 4. The van der Waals surface area contributed by atoms with Gasteiger partial charge in [0, 0.05) is 70.5 Å². The summed E-state index contributed by atoms with van der Waals surface area (Å²) in [5, 5.41) is 7.37. The molecule has 4 N–H and O–H groups in total. The molecular formula is C48H58N6O4. The van der Waals surface area contributed by atoms with Crippen LogP contribution in [0, 0.1) is 11.8 Å². The van der Waals surface area contributed by atoms with Gasteiger partial charge in [-0.1, -0.05) is 101 Å². The highest BCUT2D eigenvalue weighted by molar-refractivity contribution is 6.38. The van der Waals surface area contributed by atoms with Crippen molar-refractivity contribution in [2.75, 3.05) is 26.2 Å². The number of aromatic nitrogens is 2. The Morgan fingerprint density at radius 2 is 0.793 bits per heavy atom. The quantitative estimate of drug-likeness (QED) is 0.133. The number of H-pyrrole nitrogens is 2. The minimum absolute atomic E-state index is 0.274. The number of rotatable bonds is 0. The van der Waals surface area contributed by atoms with Crippen LogP contribution in [-0.4, -0.2) is 69.6 Å². The van der Waals surface area contributed by atoms with Crippen molar-refractivity contribution in [3.8, 4) is 0 Å². The molecular weight excluding hydrogens is 725 g/mol. The van der Waals surface area contributed by atoms with Crippen LogP contribution in [0.3, 0.4) is 0 Å². The largest absolute Gasteiger partial charge is 0.366 e. The van der Waals surface area contributed by atoms with Gasteiger partial charge in [-0.15, -0.1) is 0 Å². The maximum absolute atomic E-state index is 13.6. The van der Waals surface area contributed by atoms with E-state index in [-0.39, 0.29) is 23.6 Å². The molecule has 2 aromatic carbocycles. The maximum atomic E-state index is 13.6. The third kappa shape index (κ3) is 7.62. The molecule has 11 rings (SSSR count). The highest BCUT2D eigenvalue weighted by Crippen LogP contribution is 2.40. The number of imide groups is 2. The van der Waals surface area contributed by atoms with E-state index in [1.54, 1.807) is 0 Å². The number of piperidine rings is 2. The Morgan fingerprint density at radius 3 is 1.19 bits per heavy atom. The first-order valence-electron chi connectivity index (χ1n) is 22.3. The zero-order valence-corrected chi connectivity index (χ0v) is 33.9. The van der Waals surface area contributed by atoms with Gasteiger partial charge in [-0.3, -0.25) is 29.8 Å². The number of hydrogen-bond donors (Lipinski definition) is 4. The normalized spacial score (nSPS) is 23.6. The van der Waals surface area contributed by atoms with Crippen LogP contribution < -0.4 is 10.6 Å². The number of aryl methyl sites for hydroxylation is 2. The summed E-state index contributed by atoms with van der Waals surface area (Å²) in [4.78, 5) is 65.9. The van der Waals surface area contributed by atoms with E-state index in [1.807, 2.05) is 24.3 Å². The molecule has 7 aliphatic rings. The molecule has 2 aromatic heterocycles. The van der Waals surface area contributed by atoms with E-state index in [4.69, 9.17) is 0 Å². The molecule has 10 nitrogen and oxygen atoms in total. The lowest BCUT2D eigenvalue weighted by Crippen LogP contribution is -2.38. The summed E-state index contributed by atoms with van der Waals surface area (Å²) in [6.07, 6.45) is 19.5. The van der Waals surface area contributed by atoms with Crippen LogP contribution >= 0.6 is 0 Å². The number of carbonyl (C=O) groups is 4. The molecule has 4 amide bonds. The van der Waals surface area contributed by atoms with E-state index in [2.05, 4.69) is 54.7 Å². The number of benzene rings is 2. The summed E-state index contributed by atoms with van der Waals surface area (Å²) in [5.74, 6) is 0.0172. The van der Waals surface area contributed by atoms with E-state index in [9.17, 15) is 19.2 Å². The fourth-order valence-electron chi connectivity index (χ4n) is 10.7. The summed E-state index contributed by atoms with van der Waals surface area (Å²) in [6, 6.07) is 16.4. The van der Waals surface area contributed by atoms with Crippen molar-refractivity contribution >= 4 is 56.6 Å². The lowest BCUT2D eigenvalue weighted by molar-refractivity contribution is -0.126. The summed E-state index contributed by atoms with van der Waals surface area (Å²) in [5.41, 5.74) is 8.13. The third-order valence-corrected chi connectivity index (χ3v) is 13.8. The molecule has 7 aliphatic heterocycles. The Bertz CT molecular complexity index is 2120. The Balaban J connectivity index is 0.945. The van der Waals surface area contributed by atoms with Crippen LogP contribution in [0.15, 0.2) is 59.9 Å². The number of fused-ring (bicyclic) bond motifs is 4. The van der Waals surface area contributed by atoms with Gasteiger partial charge in [0.15, 0.2) is 0 Å². The minimum Gasteiger partial charge on any atom is -0.366 e. The zero-order valence-electron chi connectivity index (χ0n) is 33.9. The Labute approximate surface area is 341 Å². The fraction of sp³-hybridized carbons (Fsp3) is 0.500. The van der Waals surface area contributed by atoms with E-state index in [1.165, 1.54) is 38.5 Å². The molecule has 58 heavy (non-hydrogen) atoms. The van der Waals surface area contributed by atoms with Gasteiger partial charge in [0.25, 0.3) is 23.6 Å². The second kappa shape index (κ2) is 17.0. The average molecular weight is 783 g/mol. The van der Waals surface area contributed by atoms with Gasteiger partial charge in [0.1, 0.15) is 11.4 Å². The summed E-state index contributed by atoms with van der Waals surface area (Å²) in [6.45, 7) is 3.04. The molecule has 2 fully saturated rings. The van der Waals surface area contributed by atoms with Crippen molar-refractivity contribution in [2.45, 2.75) is 116 Å². The molecule has 10 heteroatoms. The first-order chi connectivity index (χ1) is 28.4. The van der Waals surface area contributed by atoms with Gasteiger partial charge in [0.05, 0.1) is 11.1 Å². The number of carbonyl (C=O) groups excluding carboxylic acids is 4. The maximum Gasteiger partial charge on any atom is 0.275 e. The van der Waals surface area contributed by atoms with Crippen LogP contribution in [0.5, 0.6) is 0 Å². The Hall–Kier alpha value is -5.12. The van der Waals surface area contributed by atoms with Crippen molar-refractivity contribution in [3.63, 3.8) is 0 Å². The Morgan fingerprint density at radius 1 is 0.431 bits per heavy atom. The summed E-state index contributed by atoms with van der Waals surface area (Å²) >= 11 is 0. The Kier molecular flexibility index (Phi) is 11.3. The molecule has 4 bridgehead atoms. The van der Waals surface area contributed by atoms with Crippen molar-refractivity contribution in [1.82, 2.24) is 30.4 Å². The van der Waals surface area contributed by atoms with E-state index in [0.29, 0.717) is 34.4 Å². The molecule has 0 spiro atoms. The van der Waals surface area contributed by atoms with Gasteiger partial charge in [-0.2, -0.15) is 0 Å². The van der Waals surface area contributed by atoms with Crippen molar-refractivity contribution < 1.29 is 19.2 Å². The topological polar surface area (TPSA) is 130 Å².